The van der Waals surface area contributed by atoms with Gasteiger partial charge in [-0.25, -0.2) is 14.5 Å². The number of benzene rings is 3. The molecular formula is C40H48N6O8. The maximum absolute atomic E-state index is 14.6. The van der Waals surface area contributed by atoms with Crippen LogP contribution < -0.4 is 31.2 Å². The third kappa shape index (κ3) is 8.64. The fourth-order valence-electron chi connectivity index (χ4n) is 7.10. The number of carbonyl (C=O) groups excluding carboxylic acids is 6. The number of ether oxygens (including phenoxy) is 2. The van der Waals surface area contributed by atoms with E-state index in [1.54, 1.807) is 48.5 Å². The third-order valence-electron chi connectivity index (χ3n) is 9.99. The van der Waals surface area contributed by atoms with Gasteiger partial charge in [0, 0.05) is 30.8 Å². The summed E-state index contributed by atoms with van der Waals surface area (Å²) >= 11 is 0. The number of primary amides is 1. The smallest absolute Gasteiger partial charge is 0.328 e. The number of hydrogen-bond acceptors (Lipinski definition) is 8. The number of methoxy groups -OCH3 is 2. The Hall–Kier alpha value is -5.92. The van der Waals surface area contributed by atoms with Crippen molar-refractivity contribution in [3.05, 3.63) is 83.4 Å². The van der Waals surface area contributed by atoms with Crippen LogP contribution in [0.2, 0.25) is 0 Å². The van der Waals surface area contributed by atoms with Gasteiger partial charge in [-0.05, 0) is 79.1 Å². The van der Waals surface area contributed by atoms with Crippen molar-refractivity contribution >= 4 is 46.9 Å². The molecular weight excluding hydrogens is 692 g/mol. The number of ketones is 1. The lowest BCUT2D eigenvalue weighted by Crippen LogP contribution is -2.54. The van der Waals surface area contributed by atoms with E-state index in [1.165, 1.54) is 19.1 Å². The number of Topliss-reactive ketones (excluding diaryl/α,β-unsaturated/α-hetero) is 1. The summed E-state index contributed by atoms with van der Waals surface area (Å²) < 4.78 is 10.8. The molecule has 1 aliphatic heterocycles. The van der Waals surface area contributed by atoms with Crippen molar-refractivity contribution in [2.75, 3.05) is 24.9 Å². The van der Waals surface area contributed by atoms with Crippen LogP contribution >= 0.6 is 0 Å². The van der Waals surface area contributed by atoms with Crippen molar-refractivity contribution in [2.45, 2.75) is 83.5 Å². The van der Waals surface area contributed by atoms with Gasteiger partial charge in [-0.2, -0.15) is 0 Å². The minimum atomic E-state index is -1.33. The fraction of sp³-hybridized carbons (Fsp3) is 0.400. The SMILES string of the molecule is COc1ccc(C(CC(N)=O)NC(=O)C(CC(C)C)N2C(=O)N(Cc3ccc(NC(=O)Nc4ccccc4C)cc3)C3(CCC(=O)CC3)C2=O)cc1OC. The van der Waals surface area contributed by atoms with E-state index in [0.29, 0.717) is 34.0 Å². The second-order valence-electron chi connectivity index (χ2n) is 14.2. The average molecular weight is 741 g/mol. The van der Waals surface area contributed by atoms with Crippen molar-refractivity contribution in [2.24, 2.45) is 11.7 Å². The van der Waals surface area contributed by atoms with Crippen molar-refractivity contribution in [1.82, 2.24) is 15.1 Å². The number of hydrogen-bond donors (Lipinski definition) is 4. The van der Waals surface area contributed by atoms with Crippen LogP contribution in [-0.4, -0.2) is 71.2 Å². The van der Waals surface area contributed by atoms with Gasteiger partial charge in [0.2, 0.25) is 11.8 Å². The summed E-state index contributed by atoms with van der Waals surface area (Å²) in [4.78, 5) is 83.2. The Kier molecular flexibility index (Phi) is 12.2. The van der Waals surface area contributed by atoms with E-state index in [2.05, 4.69) is 16.0 Å². The Labute approximate surface area is 314 Å². The number of nitrogens with two attached hydrogens (primary N) is 1. The topological polar surface area (TPSA) is 189 Å². The first kappa shape index (κ1) is 39.3. The molecule has 5 N–H and O–H groups in total. The summed E-state index contributed by atoms with van der Waals surface area (Å²) in [6.07, 6.45) is 0.363. The lowest BCUT2D eigenvalue weighted by molar-refractivity contribution is -0.142. The highest BCUT2D eigenvalue weighted by atomic mass is 16.5. The molecule has 1 spiro atoms. The second kappa shape index (κ2) is 16.8. The van der Waals surface area contributed by atoms with Crippen molar-refractivity contribution < 1.29 is 38.2 Å². The number of nitrogens with zero attached hydrogens (tertiary/aromatic N) is 2. The van der Waals surface area contributed by atoms with Crippen LogP contribution in [0.25, 0.3) is 0 Å². The maximum atomic E-state index is 14.6. The van der Waals surface area contributed by atoms with E-state index in [1.807, 2.05) is 39.0 Å². The maximum Gasteiger partial charge on any atom is 0.328 e. The summed E-state index contributed by atoms with van der Waals surface area (Å²) in [5, 5.41) is 8.51. The lowest BCUT2D eigenvalue weighted by atomic mass is 9.79. The molecule has 54 heavy (non-hydrogen) atoms. The summed E-state index contributed by atoms with van der Waals surface area (Å²) in [7, 11) is 2.95. The molecule has 0 aromatic heterocycles. The van der Waals surface area contributed by atoms with E-state index < -0.39 is 47.4 Å². The molecule has 2 unspecified atom stereocenters. The molecule has 0 bridgehead atoms. The van der Waals surface area contributed by atoms with Gasteiger partial charge in [-0.3, -0.25) is 19.2 Å². The molecule has 1 saturated carbocycles. The molecule has 1 heterocycles. The fourth-order valence-corrected chi connectivity index (χ4v) is 7.10. The first-order chi connectivity index (χ1) is 25.8. The van der Waals surface area contributed by atoms with Crippen LogP contribution in [0, 0.1) is 12.8 Å². The molecule has 0 radical (unpaired) electrons. The van der Waals surface area contributed by atoms with Gasteiger partial charge in [-0.1, -0.05) is 50.2 Å². The molecule has 3 aromatic rings. The molecule has 5 rings (SSSR count). The molecule has 3 aromatic carbocycles. The zero-order valence-electron chi connectivity index (χ0n) is 31.3. The van der Waals surface area contributed by atoms with Crippen LogP contribution in [0.3, 0.4) is 0 Å². The minimum Gasteiger partial charge on any atom is -0.493 e. The lowest BCUT2D eigenvalue weighted by Gasteiger charge is -2.37. The predicted molar refractivity (Wildman–Crippen MR) is 202 cm³/mol. The average Bonchev–Trinajstić information content (AvgIpc) is 3.33. The highest BCUT2D eigenvalue weighted by Crippen LogP contribution is 2.42. The minimum absolute atomic E-state index is 0.000592. The zero-order valence-corrected chi connectivity index (χ0v) is 31.3. The first-order valence-corrected chi connectivity index (χ1v) is 18.0. The number of para-hydroxylation sites is 1. The summed E-state index contributed by atoms with van der Waals surface area (Å²) in [6.45, 7) is 5.68. The molecule has 2 aliphatic rings. The van der Waals surface area contributed by atoms with E-state index in [-0.39, 0.29) is 56.8 Å². The largest absolute Gasteiger partial charge is 0.493 e. The molecule has 2 fully saturated rings. The van der Waals surface area contributed by atoms with Crippen LogP contribution in [0.4, 0.5) is 21.0 Å². The molecule has 7 amide bonds. The standard InChI is InChI=1S/C40H48N6O8/c1-24(2)20-32(36(49)43-31(22-35(41)48)27-12-15-33(53-4)34(21-27)54-5)46-37(50)40(18-16-29(47)17-19-40)45(39(46)52)23-26-10-13-28(14-11-26)42-38(51)44-30-9-7-6-8-25(30)3/h6-15,21,24,31-32H,16-20,22-23H2,1-5H3,(H2,41,48)(H,43,49)(H2,42,44,51). The Bertz CT molecular complexity index is 1900. The van der Waals surface area contributed by atoms with Crippen LogP contribution in [0.5, 0.6) is 11.5 Å². The van der Waals surface area contributed by atoms with Crippen LogP contribution in [0.1, 0.15) is 75.1 Å². The van der Waals surface area contributed by atoms with Gasteiger partial charge >= 0.3 is 12.1 Å². The number of aryl methyl sites for hydroxylation is 1. The van der Waals surface area contributed by atoms with Crippen molar-refractivity contribution in [3.8, 4) is 11.5 Å². The number of amides is 7. The van der Waals surface area contributed by atoms with Gasteiger partial charge in [0.25, 0.3) is 5.91 Å². The van der Waals surface area contributed by atoms with Crippen LogP contribution in [-0.2, 0) is 25.7 Å². The van der Waals surface area contributed by atoms with Gasteiger partial charge < -0.3 is 36.1 Å². The van der Waals surface area contributed by atoms with Gasteiger partial charge in [0.1, 0.15) is 17.4 Å². The van der Waals surface area contributed by atoms with E-state index in [0.717, 1.165) is 10.5 Å². The number of anilines is 2. The summed E-state index contributed by atoms with van der Waals surface area (Å²) in [5.41, 5.74) is 7.57. The highest BCUT2D eigenvalue weighted by Gasteiger charge is 2.60. The monoisotopic (exact) mass is 740 g/mol. The number of urea groups is 2. The molecule has 1 aliphatic carbocycles. The Morgan fingerprint density at radius 1 is 0.889 bits per heavy atom. The van der Waals surface area contributed by atoms with Gasteiger partial charge in [-0.15, -0.1) is 0 Å². The number of rotatable bonds is 14. The van der Waals surface area contributed by atoms with E-state index in [9.17, 15) is 28.8 Å². The molecule has 14 nitrogen and oxygen atoms in total. The summed E-state index contributed by atoms with van der Waals surface area (Å²) in [5.74, 6) is -1.13. The molecule has 286 valence electrons. The Morgan fingerprint density at radius 3 is 2.17 bits per heavy atom. The zero-order chi connectivity index (χ0) is 39.2. The quantitative estimate of drug-likeness (QED) is 0.157. The number of nitrogens with one attached hydrogen (secondary N) is 3. The Morgan fingerprint density at radius 2 is 1.56 bits per heavy atom. The van der Waals surface area contributed by atoms with Gasteiger partial charge in [0.15, 0.2) is 11.5 Å². The predicted octanol–water partition coefficient (Wildman–Crippen LogP) is 5.45. The third-order valence-corrected chi connectivity index (χ3v) is 9.99. The van der Waals surface area contributed by atoms with E-state index in [4.69, 9.17) is 15.2 Å². The van der Waals surface area contributed by atoms with Crippen molar-refractivity contribution in [1.29, 1.82) is 0 Å². The Balaban J connectivity index is 1.40. The molecule has 1 saturated heterocycles. The van der Waals surface area contributed by atoms with Gasteiger partial charge in [0.05, 0.1) is 26.7 Å². The first-order valence-electron chi connectivity index (χ1n) is 18.0. The molecule has 2 atom stereocenters. The van der Waals surface area contributed by atoms with Crippen molar-refractivity contribution in [3.63, 3.8) is 0 Å². The number of carbonyl (C=O) groups is 6. The van der Waals surface area contributed by atoms with Crippen LogP contribution in [0.15, 0.2) is 66.7 Å². The normalized spacial score (nSPS) is 16.3. The summed E-state index contributed by atoms with van der Waals surface area (Å²) in [6, 6.07) is 16.1. The highest BCUT2D eigenvalue weighted by molar-refractivity contribution is 6.10. The number of imide groups is 1. The van der Waals surface area contributed by atoms with E-state index >= 15 is 0 Å². The molecule has 14 heteroatoms. The second-order valence-corrected chi connectivity index (χ2v) is 14.2.